The molecule has 0 aliphatic heterocycles. The van der Waals surface area contributed by atoms with Gasteiger partial charge in [-0.2, -0.15) is 5.10 Å². The Kier molecular flexibility index (Phi) is 7.38. The normalized spacial score (nSPS) is 12.8. The van der Waals surface area contributed by atoms with Crippen LogP contribution in [0.1, 0.15) is 46.6 Å². The van der Waals surface area contributed by atoms with Gasteiger partial charge in [-0.3, -0.25) is 14.3 Å². The average molecular weight is 439 g/mol. The van der Waals surface area contributed by atoms with Gasteiger partial charge in [0.25, 0.3) is 0 Å². The summed E-state index contributed by atoms with van der Waals surface area (Å²) in [4.78, 5) is 28.2. The van der Waals surface area contributed by atoms with E-state index in [0.717, 1.165) is 16.5 Å². The van der Waals surface area contributed by atoms with Crippen LogP contribution in [0, 0.1) is 11.3 Å². The highest BCUT2D eigenvalue weighted by Gasteiger charge is 2.28. The zero-order valence-electron chi connectivity index (χ0n) is 19.7. The van der Waals surface area contributed by atoms with E-state index in [0.29, 0.717) is 19.5 Å². The van der Waals surface area contributed by atoms with Crippen molar-refractivity contribution >= 4 is 22.8 Å². The molecule has 1 aromatic carbocycles. The fourth-order valence-electron chi connectivity index (χ4n) is 3.74. The van der Waals surface area contributed by atoms with Crippen molar-refractivity contribution in [2.75, 3.05) is 6.54 Å². The fourth-order valence-corrected chi connectivity index (χ4v) is 3.74. The number of rotatable bonds is 9. The summed E-state index contributed by atoms with van der Waals surface area (Å²) >= 11 is 0. The number of furan rings is 1. The van der Waals surface area contributed by atoms with E-state index in [1.54, 1.807) is 23.3 Å². The summed E-state index contributed by atoms with van der Waals surface area (Å²) in [5.74, 6) is 0.0447. The second kappa shape index (κ2) is 10.0. The van der Waals surface area contributed by atoms with Gasteiger partial charge in [0.2, 0.25) is 11.8 Å². The molecule has 2 heterocycles. The molecule has 7 heteroatoms. The standard InChI is InChI=1S/C25H34N4O3/c1-18(2)15-28(16-19-7-8-22-20(13-19)9-12-32-22)24(31)21(17-29-11-6-10-26-29)27-23(30)14-25(3,4)5/h6-13,18,21H,14-17H2,1-5H3,(H,27,30)/t21-/m0/s1. The SMILES string of the molecule is CC(C)CN(Cc1ccc2occc2c1)C(=O)[C@H](Cn1cccn1)NC(=O)CC(C)(C)C. The van der Waals surface area contributed by atoms with Gasteiger partial charge in [-0.25, -0.2) is 0 Å². The minimum atomic E-state index is -0.693. The summed E-state index contributed by atoms with van der Waals surface area (Å²) in [7, 11) is 0. The van der Waals surface area contributed by atoms with Crippen molar-refractivity contribution in [3.63, 3.8) is 0 Å². The number of nitrogens with zero attached hydrogens (tertiary/aromatic N) is 3. The van der Waals surface area contributed by atoms with Crippen molar-refractivity contribution in [3.8, 4) is 0 Å². The first kappa shape index (κ1) is 23.6. The lowest BCUT2D eigenvalue weighted by atomic mass is 9.92. The van der Waals surface area contributed by atoms with Gasteiger partial charge in [-0.1, -0.05) is 40.7 Å². The summed E-state index contributed by atoms with van der Waals surface area (Å²) < 4.78 is 7.12. The first-order chi connectivity index (χ1) is 15.1. The quantitative estimate of drug-likeness (QED) is 0.542. The Labute approximate surface area is 189 Å². The highest BCUT2D eigenvalue weighted by molar-refractivity contribution is 5.88. The molecule has 7 nitrogen and oxygen atoms in total. The summed E-state index contributed by atoms with van der Waals surface area (Å²) in [6.07, 6.45) is 5.48. The van der Waals surface area contributed by atoms with E-state index in [2.05, 4.69) is 24.3 Å². The van der Waals surface area contributed by atoms with Crippen LogP contribution in [0.5, 0.6) is 0 Å². The summed E-state index contributed by atoms with van der Waals surface area (Å²) in [5, 5.41) is 8.21. The minimum Gasteiger partial charge on any atom is -0.464 e. The molecule has 0 aliphatic carbocycles. The first-order valence-electron chi connectivity index (χ1n) is 11.1. The lowest BCUT2D eigenvalue weighted by Crippen LogP contribution is -2.51. The number of amides is 2. The Hall–Kier alpha value is -3.09. The highest BCUT2D eigenvalue weighted by atomic mass is 16.3. The lowest BCUT2D eigenvalue weighted by molar-refractivity contribution is -0.138. The predicted molar refractivity (Wildman–Crippen MR) is 125 cm³/mol. The number of aromatic nitrogens is 2. The van der Waals surface area contributed by atoms with Crippen LogP contribution in [-0.2, 0) is 22.7 Å². The monoisotopic (exact) mass is 438 g/mol. The molecule has 0 fully saturated rings. The van der Waals surface area contributed by atoms with E-state index < -0.39 is 6.04 Å². The number of nitrogens with one attached hydrogen (secondary N) is 1. The molecule has 0 unspecified atom stereocenters. The highest BCUT2D eigenvalue weighted by Crippen LogP contribution is 2.20. The van der Waals surface area contributed by atoms with Gasteiger partial charge in [0.1, 0.15) is 11.6 Å². The molecule has 0 spiro atoms. The molecule has 0 aliphatic rings. The Morgan fingerprint density at radius 2 is 2.00 bits per heavy atom. The number of carbonyl (C=O) groups excluding carboxylic acids is 2. The van der Waals surface area contributed by atoms with Crippen LogP contribution in [0.3, 0.4) is 0 Å². The fraction of sp³-hybridized carbons (Fsp3) is 0.480. The van der Waals surface area contributed by atoms with E-state index in [-0.39, 0.29) is 29.7 Å². The second-order valence-corrected chi connectivity index (χ2v) is 9.99. The first-order valence-corrected chi connectivity index (χ1v) is 11.1. The number of hydrogen-bond acceptors (Lipinski definition) is 4. The van der Waals surface area contributed by atoms with Crippen LogP contribution in [0.2, 0.25) is 0 Å². The summed E-state index contributed by atoms with van der Waals surface area (Å²) in [6, 6.07) is 8.98. The maximum atomic E-state index is 13.7. The van der Waals surface area contributed by atoms with Gasteiger partial charge in [-0.15, -0.1) is 0 Å². The van der Waals surface area contributed by atoms with Crippen molar-refractivity contribution in [1.82, 2.24) is 20.0 Å². The largest absolute Gasteiger partial charge is 0.464 e. The molecule has 32 heavy (non-hydrogen) atoms. The predicted octanol–water partition coefficient (Wildman–Crippen LogP) is 4.24. The molecule has 3 rings (SSSR count). The van der Waals surface area contributed by atoms with Crippen molar-refractivity contribution < 1.29 is 14.0 Å². The molecule has 0 bridgehead atoms. The molecule has 3 aromatic rings. The van der Waals surface area contributed by atoms with Gasteiger partial charge in [0.15, 0.2) is 0 Å². The van der Waals surface area contributed by atoms with Gasteiger partial charge in [-0.05, 0) is 41.2 Å². The lowest BCUT2D eigenvalue weighted by Gasteiger charge is -2.30. The van der Waals surface area contributed by atoms with Crippen LogP contribution < -0.4 is 5.32 Å². The Bertz CT molecular complexity index is 1030. The van der Waals surface area contributed by atoms with E-state index >= 15 is 0 Å². The van der Waals surface area contributed by atoms with E-state index in [1.807, 2.05) is 56.0 Å². The van der Waals surface area contributed by atoms with E-state index in [9.17, 15) is 9.59 Å². The van der Waals surface area contributed by atoms with Gasteiger partial charge in [0, 0.05) is 37.3 Å². The topological polar surface area (TPSA) is 80.4 Å². The van der Waals surface area contributed by atoms with Crippen molar-refractivity contribution in [3.05, 3.63) is 54.6 Å². The smallest absolute Gasteiger partial charge is 0.247 e. The minimum absolute atomic E-state index is 0.108. The molecule has 0 radical (unpaired) electrons. The summed E-state index contributed by atoms with van der Waals surface area (Å²) in [5.41, 5.74) is 1.68. The van der Waals surface area contributed by atoms with Crippen LogP contribution in [0.4, 0.5) is 0 Å². The second-order valence-electron chi connectivity index (χ2n) is 9.99. The zero-order valence-corrected chi connectivity index (χ0v) is 19.7. The van der Waals surface area contributed by atoms with Crippen LogP contribution >= 0.6 is 0 Å². The molecular formula is C25H34N4O3. The maximum absolute atomic E-state index is 13.7. The van der Waals surface area contributed by atoms with E-state index in [4.69, 9.17) is 4.42 Å². The van der Waals surface area contributed by atoms with Gasteiger partial charge >= 0.3 is 0 Å². The molecule has 0 saturated carbocycles. The van der Waals surface area contributed by atoms with Crippen molar-refractivity contribution in [2.24, 2.45) is 11.3 Å². The third-order valence-corrected chi connectivity index (χ3v) is 5.04. The number of benzene rings is 1. The zero-order chi connectivity index (χ0) is 23.3. The maximum Gasteiger partial charge on any atom is 0.247 e. The molecule has 0 saturated heterocycles. The molecule has 2 amide bonds. The van der Waals surface area contributed by atoms with E-state index in [1.165, 1.54) is 0 Å². The summed E-state index contributed by atoms with van der Waals surface area (Å²) in [6.45, 7) is 11.5. The van der Waals surface area contributed by atoms with Crippen LogP contribution in [0.15, 0.2) is 53.4 Å². The molecular weight excluding hydrogens is 404 g/mol. The van der Waals surface area contributed by atoms with Crippen molar-refractivity contribution in [1.29, 1.82) is 0 Å². The molecule has 1 atom stereocenters. The molecule has 172 valence electrons. The van der Waals surface area contributed by atoms with Crippen molar-refractivity contribution in [2.45, 2.75) is 60.2 Å². The van der Waals surface area contributed by atoms with Crippen LogP contribution in [-0.4, -0.2) is 39.1 Å². The Morgan fingerprint density at radius 1 is 1.22 bits per heavy atom. The van der Waals surface area contributed by atoms with Crippen LogP contribution in [0.25, 0.3) is 11.0 Å². The molecule has 2 aromatic heterocycles. The Morgan fingerprint density at radius 3 is 2.66 bits per heavy atom. The number of fused-ring (bicyclic) bond motifs is 1. The number of hydrogen-bond donors (Lipinski definition) is 1. The Balaban J connectivity index is 1.82. The van der Waals surface area contributed by atoms with Gasteiger partial charge < -0.3 is 14.6 Å². The number of carbonyl (C=O) groups is 2. The third kappa shape index (κ3) is 6.70. The van der Waals surface area contributed by atoms with Gasteiger partial charge in [0.05, 0.1) is 12.8 Å². The third-order valence-electron chi connectivity index (χ3n) is 5.04. The molecule has 1 N–H and O–H groups in total. The average Bonchev–Trinajstić information content (AvgIpc) is 3.35.